The molecule has 0 radical (unpaired) electrons. The molecule has 3 aromatic carbocycles. The Morgan fingerprint density at radius 1 is 0.861 bits per heavy atom. The topological polar surface area (TPSA) is 121 Å². The molecule has 0 saturated carbocycles. The van der Waals surface area contributed by atoms with Gasteiger partial charge >= 0.3 is 0 Å². The summed E-state index contributed by atoms with van der Waals surface area (Å²) in [5.74, 6) is -0.517. The van der Waals surface area contributed by atoms with E-state index in [0.717, 1.165) is 6.42 Å². The third kappa shape index (κ3) is 6.52. The third-order valence-corrected chi connectivity index (χ3v) is 8.34. The molecule has 194 valence electrons. The number of unbranched alkanes of at least 4 members (excludes halogenated alkanes) is 1. The van der Waals surface area contributed by atoms with Crippen LogP contribution in [0.4, 0.5) is 21.5 Å². The van der Waals surface area contributed by atoms with Crippen molar-refractivity contribution in [3.63, 3.8) is 0 Å². The largest absolute Gasteiger partial charge is 0.326 e. The second-order valence-electron chi connectivity index (χ2n) is 9.09. The van der Waals surface area contributed by atoms with Crippen LogP contribution in [0, 0.1) is 5.41 Å². The van der Waals surface area contributed by atoms with E-state index in [2.05, 4.69) is 14.8 Å². The molecule has 0 fully saturated rings. The van der Waals surface area contributed by atoms with E-state index in [4.69, 9.17) is 0 Å². The van der Waals surface area contributed by atoms with Crippen molar-refractivity contribution in [3.8, 4) is 0 Å². The lowest BCUT2D eigenvalue weighted by Gasteiger charge is -2.19. The van der Waals surface area contributed by atoms with Crippen molar-refractivity contribution in [2.75, 3.05) is 27.2 Å². The van der Waals surface area contributed by atoms with Crippen molar-refractivity contribution in [1.29, 1.82) is 0 Å². The van der Waals surface area contributed by atoms with Gasteiger partial charge in [-0.25, -0.2) is 21.2 Å². The SMILES string of the molecule is CCCCS(=O)(=O)Nc1cccc2c(S(=O)(=O)Nc3ccc(NC(=O)C(C)(C)CF)cc3)cccc12. The highest BCUT2D eigenvalue weighted by Crippen LogP contribution is 2.31. The van der Waals surface area contributed by atoms with Crippen molar-refractivity contribution in [2.45, 2.75) is 38.5 Å². The first-order chi connectivity index (χ1) is 16.9. The number of rotatable bonds is 11. The summed E-state index contributed by atoms with van der Waals surface area (Å²) in [5.41, 5.74) is -0.227. The molecule has 1 amide bonds. The summed E-state index contributed by atoms with van der Waals surface area (Å²) in [6.07, 6.45) is 1.24. The minimum absolute atomic E-state index is 0.0170. The van der Waals surface area contributed by atoms with Gasteiger partial charge in [-0.15, -0.1) is 0 Å². The van der Waals surface area contributed by atoms with Gasteiger partial charge in [0.05, 0.1) is 21.8 Å². The van der Waals surface area contributed by atoms with Crippen molar-refractivity contribution in [1.82, 2.24) is 0 Å². The summed E-state index contributed by atoms with van der Waals surface area (Å²) in [7, 11) is -7.62. The smallest absolute Gasteiger partial charge is 0.262 e. The van der Waals surface area contributed by atoms with E-state index in [1.165, 1.54) is 44.2 Å². The molecule has 36 heavy (non-hydrogen) atoms. The number of hydrogen-bond donors (Lipinski definition) is 3. The van der Waals surface area contributed by atoms with Gasteiger partial charge in [-0.3, -0.25) is 14.2 Å². The molecule has 0 bridgehead atoms. The Hall–Kier alpha value is -3.18. The lowest BCUT2D eigenvalue weighted by molar-refractivity contribution is -0.124. The van der Waals surface area contributed by atoms with Crippen LogP contribution in [0.5, 0.6) is 0 Å². The number of carbonyl (C=O) groups is 1. The maximum absolute atomic E-state index is 13.2. The summed E-state index contributed by atoms with van der Waals surface area (Å²) in [4.78, 5) is 12.1. The Labute approximate surface area is 211 Å². The molecule has 3 rings (SSSR count). The summed E-state index contributed by atoms with van der Waals surface area (Å²) < 4.78 is 69.4. The summed E-state index contributed by atoms with van der Waals surface area (Å²) in [6.45, 7) is 4.05. The zero-order valence-electron chi connectivity index (χ0n) is 20.3. The highest BCUT2D eigenvalue weighted by Gasteiger charge is 2.27. The van der Waals surface area contributed by atoms with Gasteiger partial charge in [0.15, 0.2) is 0 Å². The average Bonchev–Trinajstić information content (AvgIpc) is 2.83. The van der Waals surface area contributed by atoms with Gasteiger partial charge in [-0.05, 0) is 56.7 Å². The molecule has 3 aromatic rings. The molecule has 0 saturated heterocycles. The fourth-order valence-corrected chi connectivity index (χ4v) is 5.92. The molecule has 0 aliphatic carbocycles. The standard InChI is InChI=1S/C25H30FN3O5S2/c1-4-5-16-35(31,32)29-22-10-6-9-21-20(22)8-7-11-23(21)36(33,34)28-19-14-12-18(13-15-19)27-24(30)25(2,3)17-26/h6-15,28-29H,4-5,16-17H2,1-3H3,(H,27,30). The molecule has 0 heterocycles. The minimum Gasteiger partial charge on any atom is -0.326 e. The molecule has 11 heteroatoms. The van der Waals surface area contributed by atoms with E-state index in [9.17, 15) is 26.0 Å². The van der Waals surface area contributed by atoms with E-state index in [0.29, 0.717) is 28.6 Å². The van der Waals surface area contributed by atoms with Crippen LogP contribution in [0.25, 0.3) is 10.8 Å². The fourth-order valence-electron chi connectivity index (χ4n) is 3.35. The van der Waals surface area contributed by atoms with Crippen LogP contribution in [0.15, 0.2) is 65.6 Å². The maximum Gasteiger partial charge on any atom is 0.262 e. The van der Waals surface area contributed by atoms with Gasteiger partial charge in [0.2, 0.25) is 15.9 Å². The molecule has 0 unspecified atom stereocenters. The molecular formula is C25H30FN3O5S2. The number of fused-ring (bicyclic) bond motifs is 1. The highest BCUT2D eigenvalue weighted by atomic mass is 32.2. The number of nitrogens with one attached hydrogen (secondary N) is 3. The Bertz CT molecular complexity index is 1450. The number of sulfonamides is 2. The van der Waals surface area contributed by atoms with Crippen LogP contribution in [0.1, 0.15) is 33.6 Å². The molecule has 8 nitrogen and oxygen atoms in total. The number of alkyl halides is 1. The zero-order chi connectivity index (χ0) is 26.6. The van der Waals surface area contributed by atoms with Gasteiger partial charge in [0, 0.05) is 22.1 Å². The number of carbonyl (C=O) groups excluding carboxylic acids is 1. The molecule has 0 atom stereocenters. The van der Waals surface area contributed by atoms with Crippen molar-refractivity contribution in [2.24, 2.45) is 5.41 Å². The Kier molecular flexibility index (Phi) is 8.25. The van der Waals surface area contributed by atoms with Gasteiger partial charge in [0.25, 0.3) is 10.0 Å². The maximum atomic E-state index is 13.2. The van der Waals surface area contributed by atoms with Crippen LogP contribution < -0.4 is 14.8 Å². The Balaban J connectivity index is 1.86. The molecule has 0 aliphatic heterocycles. The van der Waals surface area contributed by atoms with E-state index in [1.807, 2.05) is 6.92 Å². The number of hydrogen-bond acceptors (Lipinski definition) is 5. The first-order valence-corrected chi connectivity index (χ1v) is 14.5. The van der Waals surface area contributed by atoms with E-state index >= 15 is 0 Å². The quantitative estimate of drug-likeness (QED) is 0.315. The van der Waals surface area contributed by atoms with Gasteiger partial charge in [-0.2, -0.15) is 0 Å². The predicted molar refractivity (Wildman–Crippen MR) is 142 cm³/mol. The van der Waals surface area contributed by atoms with E-state index in [-0.39, 0.29) is 16.3 Å². The van der Waals surface area contributed by atoms with Gasteiger partial charge in [0.1, 0.15) is 6.67 Å². The first-order valence-electron chi connectivity index (χ1n) is 11.4. The minimum atomic E-state index is -4.04. The van der Waals surface area contributed by atoms with Crippen molar-refractivity contribution >= 4 is 53.8 Å². The van der Waals surface area contributed by atoms with Crippen molar-refractivity contribution < 1.29 is 26.0 Å². The van der Waals surface area contributed by atoms with Crippen LogP contribution >= 0.6 is 0 Å². The second-order valence-corrected chi connectivity index (χ2v) is 12.6. The number of benzene rings is 3. The lowest BCUT2D eigenvalue weighted by atomic mass is 9.94. The second kappa shape index (κ2) is 10.8. The monoisotopic (exact) mass is 535 g/mol. The summed E-state index contributed by atoms with van der Waals surface area (Å²) in [5, 5.41) is 3.42. The van der Waals surface area contributed by atoms with Crippen molar-refractivity contribution in [3.05, 3.63) is 60.7 Å². The van der Waals surface area contributed by atoms with Crippen LogP contribution in [0.2, 0.25) is 0 Å². The lowest BCUT2D eigenvalue weighted by Crippen LogP contribution is -2.32. The average molecular weight is 536 g/mol. The number of anilines is 3. The van der Waals surface area contributed by atoms with E-state index < -0.39 is 38.0 Å². The van der Waals surface area contributed by atoms with E-state index in [1.54, 1.807) is 30.3 Å². The first kappa shape index (κ1) is 27.4. The summed E-state index contributed by atoms with van der Waals surface area (Å²) in [6, 6.07) is 15.4. The predicted octanol–water partition coefficient (Wildman–Crippen LogP) is 5.12. The third-order valence-electron chi connectivity index (χ3n) is 5.55. The Morgan fingerprint density at radius 3 is 2.11 bits per heavy atom. The molecule has 0 aromatic heterocycles. The summed E-state index contributed by atoms with van der Waals surface area (Å²) >= 11 is 0. The van der Waals surface area contributed by atoms with Crippen LogP contribution in [0.3, 0.4) is 0 Å². The zero-order valence-corrected chi connectivity index (χ0v) is 22.0. The van der Waals surface area contributed by atoms with Crippen LogP contribution in [-0.4, -0.2) is 35.2 Å². The van der Waals surface area contributed by atoms with Gasteiger partial charge < -0.3 is 5.32 Å². The molecule has 0 aliphatic rings. The molecule has 0 spiro atoms. The Morgan fingerprint density at radius 2 is 1.47 bits per heavy atom. The fraction of sp³-hybridized carbons (Fsp3) is 0.320. The number of halogens is 1. The van der Waals surface area contributed by atoms with Gasteiger partial charge in [-0.1, -0.05) is 37.6 Å². The molecular weight excluding hydrogens is 505 g/mol. The highest BCUT2D eigenvalue weighted by molar-refractivity contribution is 7.93. The number of amides is 1. The molecule has 3 N–H and O–H groups in total. The normalized spacial score (nSPS) is 12.3. The van der Waals surface area contributed by atoms with Crippen LogP contribution in [-0.2, 0) is 24.8 Å².